The lowest BCUT2D eigenvalue weighted by Crippen LogP contribution is -2.48. The number of aromatic nitrogens is 1. The van der Waals surface area contributed by atoms with Gasteiger partial charge in [-0.2, -0.15) is 0 Å². The van der Waals surface area contributed by atoms with Gasteiger partial charge < -0.3 is 15.1 Å². The molecule has 1 aromatic heterocycles. The maximum Gasteiger partial charge on any atom is 0.317 e. The van der Waals surface area contributed by atoms with Crippen LogP contribution in [-0.2, 0) is 6.54 Å². The molecular formula is C26H30N4O. The molecule has 5 nitrogen and oxygen atoms in total. The van der Waals surface area contributed by atoms with Gasteiger partial charge in [0.1, 0.15) is 5.82 Å². The summed E-state index contributed by atoms with van der Waals surface area (Å²) in [6.07, 6.45) is 1.86. The van der Waals surface area contributed by atoms with E-state index in [2.05, 4.69) is 57.7 Å². The lowest BCUT2D eigenvalue weighted by Gasteiger charge is -2.34. The van der Waals surface area contributed by atoms with E-state index < -0.39 is 0 Å². The first-order chi connectivity index (χ1) is 15.1. The van der Waals surface area contributed by atoms with Crippen LogP contribution in [-0.4, -0.2) is 42.1 Å². The van der Waals surface area contributed by atoms with E-state index in [1.807, 2.05) is 44.3 Å². The number of pyridine rings is 1. The van der Waals surface area contributed by atoms with Crippen molar-refractivity contribution in [2.45, 2.75) is 32.4 Å². The molecule has 4 rings (SSSR count). The fourth-order valence-corrected chi connectivity index (χ4v) is 4.02. The molecule has 0 spiro atoms. The number of piperidine rings is 1. The van der Waals surface area contributed by atoms with E-state index in [0.717, 1.165) is 43.0 Å². The Bertz CT molecular complexity index is 995. The summed E-state index contributed by atoms with van der Waals surface area (Å²) in [4.78, 5) is 21.4. The molecule has 1 saturated heterocycles. The molecule has 2 heterocycles. The highest BCUT2D eigenvalue weighted by molar-refractivity contribution is 5.74. The highest BCUT2D eigenvalue weighted by Crippen LogP contribution is 2.20. The van der Waals surface area contributed by atoms with Crippen LogP contribution in [0.4, 0.5) is 10.6 Å². The maximum atomic E-state index is 12.7. The van der Waals surface area contributed by atoms with Gasteiger partial charge in [-0.05, 0) is 48.6 Å². The van der Waals surface area contributed by atoms with Crippen molar-refractivity contribution in [2.75, 3.05) is 25.0 Å². The third-order valence-corrected chi connectivity index (χ3v) is 5.85. The van der Waals surface area contributed by atoms with E-state index in [0.29, 0.717) is 6.54 Å². The summed E-state index contributed by atoms with van der Waals surface area (Å²) in [6, 6.07) is 25.1. The minimum Gasteiger partial charge on any atom is -0.356 e. The average molecular weight is 415 g/mol. The normalized spacial score (nSPS) is 14.3. The first kappa shape index (κ1) is 20.9. The largest absolute Gasteiger partial charge is 0.356 e. The Labute approximate surface area is 184 Å². The summed E-state index contributed by atoms with van der Waals surface area (Å²) in [6.45, 7) is 4.42. The van der Waals surface area contributed by atoms with Gasteiger partial charge in [-0.25, -0.2) is 9.78 Å². The van der Waals surface area contributed by atoms with Gasteiger partial charge in [0.25, 0.3) is 0 Å². The summed E-state index contributed by atoms with van der Waals surface area (Å²) in [5, 5.41) is 3.20. The summed E-state index contributed by atoms with van der Waals surface area (Å²) < 4.78 is 0. The van der Waals surface area contributed by atoms with E-state index in [9.17, 15) is 4.79 Å². The van der Waals surface area contributed by atoms with Gasteiger partial charge in [0.2, 0.25) is 0 Å². The van der Waals surface area contributed by atoms with Crippen molar-refractivity contribution in [3.05, 3.63) is 84.1 Å². The Morgan fingerprint density at radius 3 is 2.32 bits per heavy atom. The van der Waals surface area contributed by atoms with Crippen LogP contribution in [0, 0.1) is 6.92 Å². The van der Waals surface area contributed by atoms with E-state index in [-0.39, 0.29) is 12.1 Å². The van der Waals surface area contributed by atoms with Gasteiger partial charge in [0, 0.05) is 38.4 Å². The summed E-state index contributed by atoms with van der Waals surface area (Å²) in [5.74, 6) is 1.03. The van der Waals surface area contributed by atoms with Crippen LogP contribution in [0.2, 0.25) is 0 Å². The number of carbonyl (C=O) groups excluding carboxylic acids is 1. The number of aryl methyl sites for hydroxylation is 1. The van der Waals surface area contributed by atoms with Crippen LogP contribution in [0.15, 0.2) is 72.8 Å². The van der Waals surface area contributed by atoms with Crippen molar-refractivity contribution >= 4 is 11.8 Å². The zero-order chi connectivity index (χ0) is 21.6. The number of benzene rings is 2. The quantitative estimate of drug-likeness (QED) is 0.648. The van der Waals surface area contributed by atoms with Crippen molar-refractivity contribution in [3.8, 4) is 11.1 Å². The fourth-order valence-electron chi connectivity index (χ4n) is 4.02. The van der Waals surface area contributed by atoms with Crippen molar-refractivity contribution in [3.63, 3.8) is 0 Å². The lowest BCUT2D eigenvalue weighted by molar-refractivity contribution is 0.200. The third-order valence-electron chi connectivity index (χ3n) is 5.85. The second-order valence-corrected chi connectivity index (χ2v) is 8.27. The molecular weight excluding hydrogens is 384 g/mol. The number of anilines is 1. The van der Waals surface area contributed by atoms with Crippen LogP contribution < -0.4 is 10.2 Å². The number of rotatable bonds is 5. The molecule has 1 aliphatic rings. The van der Waals surface area contributed by atoms with E-state index in [4.69, 9.17) is 0 Å². The molecule has 0 unspecified atom stereocenters. The molecule has 2 aromatic carbocycles. The van der Waals surface area contributed by atoms with E-state index in [1.54, 1.807) is 4.90 Å². The van der Waals surface area contributed by atoms with Gasteiger partial charge >= 0.3 is 6.03 Å². The van der Waals surface area contributed by atoms with Crippen molar-refractivity contribution in [1.82, 2.24) is 15.2 Å². The molecule has 5 heteroatoms. The molecule has 2 amide bonds. The molecule has 0 radical (unpaired) electrons. The predicted molar refractivity (Wildman–Crippen MR) is 126 cm³/mol. The Balaban J connectivity index is 1.26. The lowest BCUT2D eigenvalue weighted by atomic mass is 10.0. The second-order valence-electron chi connectivity index (χ2n) is 8.27. The molecule has 160 valence electrons. The van der Waals surface area contributed by atoms with Gasteiger partial charge in [0.15, 0.2) is 0 Å². The molecule has 31 heavy (non-hydrogen) atoms. The highest BCUT2D eigenvalue weighted by atomic mass is 16.2. The highest BCUT2D eigenvalue weighted by Gasteiger charge is 2.22. The summed E-state index contributed by atoms with van der Waals surface area (Å²) in [7, 11) is 1.85. The van der Waals surface area contributed by atoms with E-state index >= 15 is 0 Å². The Kier molecular flexibility index (Phi) is 6.51. The zero-order valence-corrected chi connectivity index (χ0v) is 18.3. The topological polar surface area (TPSA) is 48.5 Å². The monoisotopic (exact) mass is 414 g/mol. The Morgan fingerprint density at radius 1 is 0.968 bits per heavy atom. The second kappa shape index (κ2) is 9.65. The van der Waals surface area contributed by atoms with Crippen LogP contribution in [0.1, 0.15) is 24.1 Å². The minimum atomic E-state index is -0.0146. The molecule has 3 aromatic rings. The molecule has 0 bridgehead atoms. The molecule has 1 fully saturated rings. The standard InChI is InChI=1S/C26H30N4O/c1-20-7-6-10-25(27-20)30-17-15-24(16-18-30)28-26(31)29(2)19-21-11-13-23(14-12-21)22-8-4-3-5-9-22/h3-14,24H,15-19H2,1-2H3,(H,28,31). The predicted octanol–water partition coefficient (Wildman–Crippen LogP) is 4.87. The molecule has 0 saturated carbocycles. The Hall–Kier alpha value is -3.34. The van der Waals surface area contributed by atoms with Crippen molar-refractivity contribution in [1.29, 1.82) is 0 Å². The number of nitrogens with one attached hydrogen (secondary N) is 1. The van der Waals surface area contributed by atoms with Crippen molar-refractivity contribution < 1.29 is 4.79 Å². The van der Waals surface area contributed by atoms with Gasteiger partial charge in [-0.15, -0.1) is 0 Å². The van der Waals surface area contributed by atoms with Crippen molar-refractivity contribution in [2.24, 2.45) is 0 Å². The number of urea groups is 1. The number of nitrogens with zero attached hydrogens (tertiary/aromatic N) is 3. The number of hydrogen-bond donors (Lipinski definition) is 1. The molecule has 0 aliphatic carbocycles. The first-order valence-electron chi connectivity index (χ1n) is 10.9. The van der Waals surface area contributed by atoms with Crippen LogP contribution in [0.5, 0.6) is 0 Å². The van der Waals surface area contributed by atoms with Gasteiger partial charge in [0.05, 0.1) is 0 Å². The number of hydrogen-bond acceptors (Lipinski definition) is 3. The third kappa shape index (κ3) is 5.43. The molecule has 1 N–H and O–H groups in total. The number of carbonyl (C=O) groups is 1. The van der Waals surface area contributed by atoms with Gasteiger partial charge in [-0.3, -0.25) is 0 Å². The summed E-state index contributed by atoms with van der Waals surface area (Å²) >= 11 is 0. The zero-order valence-electron chi connectivity index (χ0n) is 18.3. The smallest absolute Gasteiger partial charge is 0.317 e. The van der Waals surface area contributed by atoms with Crippen LogP contribution in [0.25, 0.3) is 11.1 Å². The van der Waals surface area contributed by atoms with Crippen LogP contribution in [0.3, 0.4) is 0 Å². The van der Waals surface area contributed by atoms with Gasteiger partial charge in [-0.1, -0.05) is 60.7 Å². The Morgan fingerprint density at radius 2 is 1.65 bits per heavy atom. The summed E-state index contributed by atoms with van der Waals surface area (Å²) in [5.41, 5.74) is 4.54. The minimum absolute atomic E-state index is 0.0146. The molecule has 1 aliphatic heterocycles. The molecule has 0 atom stereocenters. The van der Waals surface area contributed by atoms with E-state index in [1.165, 1.54) is 11.1 Å². The number of amides is 2. The van der Waals surface area contributed by atoms with Crippen LogP contribution >= 0.6 is 0 Å². The SMILES string of the molecule is Cc1cccc(N2CCC(NC(=O)N(C)Cc3ccc(-c4ccccc4)cc3)CC2)n1. The maximum absolute atomic E-state index is 12.7. The fraction of sp³-hybridized carbons (Fsp3) is 0.308. The first-order valence-corrected chi connectivity index (χ1v) is 10.9. The average Bonchev–Trinajstić information content (AvgIpc) is 2.80.